The SMILES string of the molecule is O=[N+]([O-])c1ccc(N2CCN(c3ccc([N+](=O)[O-])cc3)C2C(Cl)(Cl)Cl)cc1. The van der Waals surface area contributed by atoms with E-state index in [0.29, 0.717) is 24.5 Å². The van der Waals surface area contributed by atoms with Gasteiger partial charge in [-0.2, -0.15) is 0 Å². The van der Waals surface area contributed by atoms with Crippen molar-refractivity contribution in [2.45, 2.75) is 9.96 Å². The van der Waals surface area contributed by atoms with Crippen LogP contribution in [0.15, 0.2) is 48.5 Å². The van der Waals surface area contributed by atoms with Gasteiger partial charge in [-0.05, 0) is 24.3 Å². The molecule has 1 saturated heterocycles. The molecule has 2 aromatic rings. The van der Waals surface area contributed by atoms with Crippen molar-refractivity contribution in [2.24, 2.45) is 0 Å². The minimum Gasteiger partial charge on any atom is -0.346 e. The molecule has 0 bridgehead atoms. The fourth-order valence-electron chi connectivity index (χ4n) is 3.05. The summed E-state index contributed by atoms with van der Waals surface area (Å²) < 4.78 is -1.69. The Morgan fingerprint density at radius 2 is 1.11 bits per heavy atom. The lowest BCUT2D eigenvalue weighted by molar-refractivity contribution is -0.385. The van der Waals surface area contributed by atoms with Crippen molar-refractivity contribution in [1.82, 2.24) is 0 Å². The third kappa shape index (κ3) is 4.02. The molecule has 0 atom stereocenters. The maximum absolute atomic E-state index is 10.8. The predicted molar refractivity (Wildman–Crippen MR) is 105 cm³/mol. The maximum Gasteiger partial charge on any atom is 0.269 e. The molecule has 142 valence electrons. The Morgan fingerprint density at radius 3 is 1.37 bits per heavy atom. The predicted octanol–water partition coefficient (Wildman–Crippen LogP) is 4.53. The Balaban J connectivity index is 1.93. The number of benzene rings is 2. The average Bonchev–Trinajstić information content (AvgIpc) is 3.07. The van der Waals surface area contributed by atoms with Gasteiger partial charge in [0.15, 0.2) is 6.17 Å². The standard InChI is InChI=1S/C16H13Cl3N4O4/c17-16(18,19)15-20(11-1-5-13(6-2-11)22(24)25)9-10-21(15)12-3-7-14(8-4-12)23(26)27/h1-8,15H,9-10H2. The van der Waals surface area contributed by atoms with Crippen molar-refractivity contribution in [3.63, 3.8) is 0 Å². The summed E-state index contributed by atoms with van der Waals surface area (Å²) in [4.78, 5) is 24.4. The van der Waals surface area contributed by atoms with Crippen LogP contribution in [0.1, 0.15) is 0 Å². The first kappa shape index (κ1) is 19.5. The van der Waals surface area contributed by atoms with Gasteiger partial charge < -0.3 is 9.80 Å². The zero-order valence-corrected chi connectivity index (χ0v) is 15.9. The van der Waals surface area contributed by atoms with Gasteiger partial charge in [0.1, 0.15) is 0 Å². The highest BCUT2D eigenvalue weighted by atomic mass is 35.6. The molecule has 3 rings (SSSR count). The number of alkyl halides is 3. The maximum atomic E-state index is 10.8. The lowest BCUT2D eigenvalue weighted by atomic mass is 10.2. The van der Waals surface area contributed by atoms with Gasteiger partial charge in [0.05, 0.1) is 9.85 Å². The van der Waals surface area contributed by atoms with Crippen LogP contribution in [0.25, 0.3) is 0 Å². The summed E-state index contributed by atoms with van der Waals surface area (Å²) in [5.41, 5.74) is 1.27. The van der Waals surface area contributed by atoms with Gasteiger partial charge in [0.2, 0.25) is 3.79 Å². The molecule has 27 heavy (non-hydrogen) atoms. The smallest absolute Gasteiger partial charge is 0.269 e. The largest absolute Gasteiger partial charge is 0.346 e. The van der Waals surface area contributed by atoms with Crippen LogP contribution in [0.3, 0.4) is 0 Å². The Kier molecular flexibility index (Phi) is 5.32. The first-order chi connectivity index (χ1) is 12.7. The van der Waals surface area contributed by atoms with Gasteiger partial charge in [0.25, 0.3) is 11.4 Å². The van der Waals surface area contributed by atoms with Gasteiger partial charge >= 0.3 is 0 Å². The van der Waals surface area contributed by atoms with Gasteiger partial charge in [-0.25, -0.2) is 0 Å². The van der Waals surface area contributed by atoms with Crippen LogP contribution in [0.5, 0.6) is 0 Å². The second-order valence-corrected chi connectivity index (χ2v) is 8.22. The van der Waals surface area contributed by atoms with Crippen LogP contribution in [-0.4, -0.2) is 32.9 Å². The van der Waals surface area contributed by atoms with Crippen LogP contribution in [0.4, 0.5) is 22.7 Å². The number of rotatable bonds is 4. The van der Waals surface area contributed by atoms with E-state index in [0.717, 1.165) is 0 Å². The zero-order valence-electron chi connectivity index (χ0n) is 13.7. The minimum absolute atomic E-state index is 0.0318. The third-order valence-corrected chi connectivity index (χ3v) is 4.83. The van der Waals surface area contributed by atoms with Crippen LogP contribution in [0.2, 0.25) is 0 Å². The Labute approximate surface area is 169 Å². The van der Waals surface area contributed by atoms with Gasteiger partial charge in [-0.3, -0.25) is 20.2 Å². The first-order valence-corrected chi connectivity index (χ1v) is 8.91. The Bertz CT molecular complexity index is 790. The summed E-state index contributed by atoms with van der Waals surface area (Å²) in [5.74, 6) is 0. The van der Waals surface area contributed by atoms with Crippen LogP contribution < -0.4 is 9.80 Å². The van der Waals surface area contributed by atoms with Gasteiger partial charge in [-0.15, -0.1) is 0 Å². The number of nitro benzene ring substituents is 2. The number of hydrogen-bond donors (Lipinski definition) is 0. The molecule has 8 nitrogen and oxygen atoms in total. The quantitative estimate of drug-likeness (QED) is 0.401. The summed E-state index contributed by atoms with van der Waals surface area (Å²) in [6.45, 7) is 1.01. The van der Waals surface area contributed by atoms with E-state index in [4.69, 9.17) is 34.8 Å². The Hall–Kier alpha value is -2.29. The fourth-order valence-corrected chi connectivity index (χ4v) is 3.76. The molecule has 0 spiro atoms. The molecular weight excluding hydrogens is 419 g/mol. The lowest BCUT2D eigenvalue weighted by Gasteiger charge is -2.37. The van der Waals surface area contributed by atoms with E-state index in [9.17, 15) is 20.2 Å². The van der Waals surface area contributed by atoms with E-state index >= 15 is 0 Å². The summed E-state index contributed by atoms with van der Waals surface area (Å²) in [7, 11) is 0. The van der Waals surface area contributed by atoms with E-state index < -0.39 is 19.8 Å². The van der Waals surface area contributed by atoms with E-state index in [1.54, 1.807) is 24.3 Å². The molecule has 0 saturated carbocycles. The number of nitrogens with zero attached hydrogens (tertiary/aromatic N) is 4. The molecule has 2 aromatic carbocycles. The van der Waals surface area contributed by atoms with E-state index in [1.165, 1.54) is 24.3 Å². The molecule has 0 unspecified atom stereocenters. The highest BCUT2D eigenvalue weighted by Crippen LogP contribution is 2.42. The molecule has 0 aromatic heterocycles. The molecule has 0 radical (unpaired) electrons. The molecule has 0 N–H and O–H groups in total. The van der Waals surface area contributed by atoms with Crippen molar-refractivity contribution in [3.8, 4) is 0 Å². The minimum atomic E-state index is -1.69. The first-order valence-electron chi connectivity index (χ1n) is 7.77. The molecule has 0 aliphatic carbocycles. The van der Waals surface area contributed by atoms with Crippen molar-refractivity contribution in [1.29, 1.82) is 0 Å². The van der Waals surface area contributed by atoms with Crippen molar-refractivity contribution in [3.05, 3.63) is 68.8 Å². The van der Waals surface area contributed by atoms with Crippen LogP contribution in [0, 0.1) is 20.2 Å². The molecule has 1 aliphatic rings. The monoisotopic (exact) mass is 430 g/mol. The number of non-ortho nitro benzene ring substituents is 2. The van der Waals surface area contributed by atoms with Crippen molar-refractivity contribution in [2.75, 3.05) is 22.9 Å². The zero-order chi connectivity index (χ0) is 19.8. The lowest BCUT2D eigenvalue weighted by Crippen LogP contribution is -2.48. The second kappa shape index (κ2) is 7.38. The van der Waals surface area contributed by atoms with E-state index in [-0.39, 0.29) is 11.4 Å². The number of nitro groups is 2. The highest BCUT2D eigenvalue weighted by Gasteiger charge is 2.46. The Morgan fingerprint density at radius 1 is 0.778 bits per heavy atom. The topological polar surface area (TPSA) is 92.8 Å². The number of halogens is 3. The van der Waals surface area contributed by atoms with Gasteiger partial charge in [-0.1, -0.05) is 34.8 Å². The third-order valence-electron chi connectivity index (χ3n) is 4.25. The fraction of sp³-hybridized carbons (Fsp3) is 0.250. The summed E-state index contributed by atoms with van der Waals surface area (Å²) >= 11 is 18.7. The molecule has 1 fully saturated rings. The second-order valence-electron chi connectivity index (χ2n) is 5.85. The number of hydrogen-bond acceptors (Lipinski definition) is 6. The highest BCUT2D eigenvalue weighted by molar-refractivity contribution is 6.68. The van der Waals surface area contributed by atoms with Crippen LogP contribution >= 0.6 is 34.8 Å². The van der Waals surface area contributed by atoms with Crippen molar-refractivity contribution < 1.29 is 9.85 Å². The molecule has 1 heterocycles. The summed E-state index contributed by atoms with van der Waals surface area (Å²) in [6.07, 6.45) is -0.689. The molecule has 11 heteroatoms. The molecule has 1 aliphatic heterocycles. The van der Waals surface area contributed by atoms with E-state index in [1.807, 2.05) is 9.80 Å². The van der Waals surface area contributed by atoms with E-state index in [2.05, 4.69) is 0 Å². The normalized spacial score (nSPS) is 15.2. The average molecular weight is 432 g/mol. The molecule has 0 amide bonds. The van der Waals surface area contributed by atoms with Crippen LogP contribution in [-0.2, 0) is 0 Å². The number of anilines is 2. The molecular formula is C16H13Cl3N4O4. The summed E-state index contributed by atoms with van der Waals surface area (Å²) in [6, 6.07) is 11.9. The summed E-state index contributed by atoms with van der Waals surface area (Å²) in [5, 5.41) is 21.7. The van der Waals surface area contributed by atoms with Gasteiger partial charge in [0, 0.05) is 48.7 Å². The van der Waals surface area contributed by atoms with Crippen molar-refractivity contribution >= 4 is 57.6 Å².